The predicted octanol–water partition coefficient (Wildman–Crippen LogP) is -2.44. The van der Waals surface area contributed by atoms with Crippen LogP contribution < -0.4 is 5.11 Å². The summed E-state index contributed by atoms with van der Waals surface area (Å²) in [5.74, 6) is -1.44. The Balaban J connectivity index is 3.80. The quantitative estimate of drug-likeness (QED) is 0.457. The van der Waals surface area contributed by atoms with Gasteiger partial charge in [0.1, 0.15) is 6.54 Å². The van der Waals surface area contributed by atoms with Gasteiger partial charge < -0.3 is 24.6 Å². The number of aliphatic hydroxyl groups is 2. The second kappa shape index (κ2) is 5.16. The van der Waals surface area contributed by atoms with Crippen LogP contribution >= 0.6 is 0 Å². The van der Waals surface area contributed by atoms with E-state index in [1.807, 2.05) is 14.1 Å². The Morgan fingerprint density at radius 3 is 2.38 bits per heavy atom. The Kier molecular flexibility index (Phi) is 4.90. The van der Waals surface area contributed by atoms with E-state index < -0.39 is 12.1 Å². The van der Waals surface area contributed by atoms with Gasteiger partial charge in [0.25, 0.3) is 0 Å². The smallest absolute Gasteiger partial charge is 0.102 e. The lowest BCUT2D eigenvalue weighted by Gasteiger charge is -2.29. The number of aliphatic carboxylic acids is 1. The van der Waals surface area contributed by atoms with Crippen LogP contribution in [0.3, 0.4) is 0 Å². The van der Waals surface area contributed by atoms with E-state index in [0.29, 0.717) is 17.6 Å². The number of likely N-dealkylation sites (N-methyl/N-ethyl adjacent to an activating group) is 1. The fraction of sp³-hybridized carbons (Fsp3) is 0.875. The molecule has 2 N–H and O–H groups in total. The van der Waals surface area contributed by atoms with Gasteiger partial charge in [-0.15, -0.1) is 0 Å². The molecule has 0 aliphatic carbocycles. The number of quaternary nitrogens is 1. The van der Waals surface area contributed by atoms with E-state index in [-0.39, 0.29) is 13.0 Å². The molecule has 0 heterocycles. The molecule has 0 aromatic rings. The molecule has 0 saturated heterocycles. The molecule has 0 bridgehead atoms. The van der Waals surface area contributed by atoms with Gasteiger partial charge in [-0.2, -0.15) is 0 Å². The zero-order valence-corrected chi connectivity index (χ0v) is 8.06. The van der Waals surface area contributed by atoms with Crippen LogP contribution in [0.1, 0.15) is 6.42 Å². The summed E-state index contributed by atoms with van der Waals surface area (Å²) < 4.78 is 0.487. The van der Waals surface area contributed by atoms with Crippen LogP contribution in [0.15, 0.2) is 0 Å². The number of nitrogens with zero attached hydrogens (tertiary/aromatic N) is 1. The van der Waals surface area contributed by atoms with Gasteiger partial charge in [-0.25, -0.2) is 0 Å². The highest BCUT2D eigenvalue weighted by atomic mass is 16.4. The van der Waals surface area contributed by atoms with E-state index in [9.17, 15) is 9.90 Å². The fourth-order valence-electron chi connectivity index (χ4n) is 0.972. The molecule has 0 fully saturated rings. The van der Waals surface area contributed by atoms with Gasteiger partial charge in [-0.05, 0) is 0 Å². The van der Waals surface area contributed by atoms with Gasteiger partial charge in [0.05, 0.1) is 39.3 Å². The molecule has 1 atom stereocenters. The van der Waals surface area contributed by atoms with E-state index in [2.05, 4.69) is 0 Å². The highest BCUT2D eigenvalue weighted by Crippen LogP contribution is 2.01. The number of rotatable bonds is 6. The van der Waals surface area contributed by atoms with E-state index in [0.717, 1.165) is 0 Å². The molecule has 13 heavy (non-hydrogen) atoms. The number of hydrogen-bond donors (Lipinski definition) is 2. The van der Waals surface area contributed by atoms with Crippen molar-refractivity contribution < 1.29 is 24.6 Å². The molecule has 0 rings (SSSR count). The first kappa shape index (κ1) is 12.3. The summed E-state index contributed by atoms with van der Waals surface area (Å²) in [5.41, 5.74) is 0. The third-order valence-electron chi connectivity index (χ3n) is 1.99. The summed E-state index contributed by atoms with van der Waals surface area (Å²) in [6, 6.07) is 0. The maximum atomic E-state index is 10.2. The SMILES string of the molecule is C[N+](C)(CCO)CCC(O)C(=O)[O-]. The molecule has 5 heteroatoms. The minimum atomic E-state index is -1.44. The fourth-order valence-corrected chi connectivity index (χ4v) is 0.972. The third-order valence-corrected chi connectivity index (χ3v) is 1.99. The van der Waals surface area contributed by atoms with E-state index >= 15 is 0 Å². The van der Waals surface area contributed by atoms with E-state index in [1.165, 1.54) is 0 Å². The van der Waals surface area contributed by atoms with Gasteiger partial charge >= 0.3 is 0 Å². The number of carboxylic acids is 1. The molecule has 1 unspecified atom stereocenters. The lowest BCUT2D eigenvalue weighted by Crippen LogP contribution is -2.46. The van der Waals surface area contributed by atoms with Crippen molar-refractivity contribution in [3.05, 3.63) is 0 Å². The molecule has 0 aromatic carbocycles. The van der Waals surface area contributed by atoms with Gasteiger partial charge in [0.2, 0.25) is 0 Å². The van der Waals surface area contributed by atoms with Crippen LogP contribution in [0.25, 0.3) is 0 Å². The summed E-state index contributed by atoms with van der Waals surface area (Å²) in [6.45, 7) is 1.09. The van der Waals surface area contributed by atoms with Gasteiger partial charge in [-0.3, -0.25) is 0 Å². The van der Waals surface area contributed by atoms with Gasteiger partial charge in [0, 0.05) is 6.42 Å². The van der Waals surface area contributed by atoms with Crippen LogP contribution in [-0.2, 0) is 4.79 Å². The Morgan fingerprint density at radius 2 is 2.00 bits per heavy atom. The summed E-state index contributed by atoms with van der Waals surface area (Å²) >= 11 is 0. The second-order valence-corrected chi connectivity index (χ2v) is 3.73. The first-order chi connectivity index (χ1) is 5.89. The van der Waals surface area contributed by atoms with Crippen molar-refractivity contribution >= 4 is 5.97 Å². The molecule has 5 nitrogen and oxygen atoms in total. The van der Waals surface area contributed by atoms with Crippen molar-refractivity contribution in [2.24, 2.45) is 0 Å². The highest BCUT2D eigenvalue weighted by molar-refractivity contribution is 5.69. The number of hydrogen-bond acceptors (Lipinski definition) is 4. The van der Waals surface area contributed by atoms with Crippen molar-refractivity contribution in [2.45, 2.75) is 12.5 Å². The minimum Gasteiger partial charge on any atom is -0.547 e. The molecule has 0 aromatic heterocycles. The van der Waals surface area contributed by atoms with Crippen molar-refractivity contribution in [3.63, 3.8) is 0 Å². The zero-order valence-electron chi connectivity index (χ0n) is 8.06. The Hall–Kier alpha value is -0.650. The Labute approximate surface area is 77.8 Å². The first-order valence-electron chi connectivity index (χ1n) is 4.21. The lowest BCUT2D eigenvalue weighted by molar-refractivity contribution is -0.891. The van der Waals surface area contributed by atoms with Crippen molar-refractivity contribution in [2.75, 3.05) is 33.8 Å². The van der Waals surface area contributed by atoms with Crippen molar-refractivity contribution in [1.82, 2.24) is 0 Å². The molecule has 78 valence electrons. The first-order valence-corrected chi connectivity index (χ1v) is 4.21. The van der Waals surface area contributed by atoms with E-state index in [4.69, 9.17) is 10.2 Å². The van der Waals surface area contributed by atoms with Crippen molar-refractivity contribution in [3.8, 4) is 0 Å². The van der Waals surface area contributed by atoms with Crippen LogP contribution in [0.4, 0.5) is 0 Å². The average molecular weight is 191 g/mol. The predicted molar refractivity (Wildman–Crippen MR) is 44.6 cm³/mol. The second-order valence-electron chi connectivity index (χ2n) is 3.73. The largest absolute Gasteiger partial charge is 0.547 e. The molecular weight excluding hydrogens is 174 g/mol. The normalized spacial score (nSPS) is 14.2. The Bertz CT molecular complexity index is 170. The average Bonchev–Trinajstić information content (AvgIpc) is 2.00. The zero-order chi connectivity index (χ0) is 10.5. The lowest BCUT2D eigenvalue weighted by atomic mass is 10.2. The minimum absolute atomic E-state index is 0.0500. The molecular formula is C8H17NO4. The molecule has 0 aliphatic rings. The summed E-state index contributed by atoms with van der Waals surface area (Å²) in [6.07, 6.45) is -1.26. The van der Waals surface area contributed by atoms with Crippen LogP contribution in [0, 0.1) is 0 Å². The number of aliphatic hydroxyl groups excluding tert-OH is 2. The van der Waals surface area contributed by atoms with Gasteiger partial charge in [-0.1, -0.05) is 0 Å². The van der Waals surface area contributed by atoms with Crippen molar-refractivity contribution in [1.29, 1.82) is 0 Å². The van der Waals surface area contributed by atoms with Crippen LogP contribution in [-0.4, -0.2) is 60.6 Å². The van der Waals surface area contributed by atoms with Crippen LogP contribution in [0.5, 0.6) is 0 Å². The Morgan fingerprint density at radius 1 is 1.46 bits per heavy atom. The maximum Gasteiger partial charge on any atom is 0.102 e. The molecule has 0 radical (unpaired) electrons. The molecule has 0 amide bonds. The standard InChI is InChI=1S/C8H17NO4/c1-9(2,5-6-10)4-3-7(11)8(12)13/h7,10-11H,3-6H2,1-2H3. The number of carboxylic acid groups (broad SMARTS) is 1. The summed E-state index contributed by atoms with van der Waals surface area (Å²) in [7, 11) is 3.72. The highest BCUT2D eigenvalue weighted by Gasteiger charge is 2.16. The monoisotopic (exact) mass is 191 g/mol. The number of carbonyl (C=O) groups is 1. The maximum absolute atomic E-state index is 10.2. The molecule has 0 saturated carbocycles. The summed E-state index contributed by atoms with van der Waals surface area (Å²) in [4.78, 5) is 10.2. The summed E-state index contributed by atoms with van der Waals surface area (Å²) in [5, 5.41) is 27.7. The number of carbonyl (C=O) groups excluding carboxylic acids is 1. The molecule has 0 aliphatic heterocycles. The van der Waals surface area contributed by atoms with E-state index in [1.54, 1.807) is 0 Å². The van der Waals surface area contributed by atoms with Crippen LogP contribution in [0.2, 0.25) is 0 Å². The molecule has 0 spiro atoms. The third kappa shape index (κ3) is 5.57. The van der Waals surface area contributed by atoms with Gasteiger partial charge in [0.15, 0.2) is 0 Å². The topological polar surface area (TPSA) is 80.6 Å².